The number of carbonyl (C=O) groups excluding carboxylic acids is 1. The number of rotatable bonds is 4. The van der Waals surface area contributed by atoms with Crippen LogP contribution < -0.4 is 10.1 Å². The number of hydrogen-bond acceptors (Lipinski definition) is 4. The molecule has 3 rings (SSSR count). The highest BCUT2D eigenvalue weighted by molar-refractivity contribution is 5.94. The minimum Gasteiger partial charge on any atom is -0.437 e. The van der Waals surface area contributed by atoms with Crippen molar-refractivity contribution < 1.29 is 9.53 Å². The molecule has 1 amide bonds. The Bertz CT molecular complexity index is 616. The number of nitrogens with one attached hydrogen (secondary N) is 1. The third kappa shape index (κ3) is 2.93. The van der Waals surface area contributed by atoms with Crippen molar-refractivity contribution in [1.29, 1.82) is 0 Å². The molecule has 1 aliphatic rings. The van der Waals surface area contributed by atoms with Gasteiger partial charge in [-0.05, 0) is 24.5 Å². The lowest BCUT2D eigenvalue weighted by Crippen LogP contribution is -2.14. The van der Waals surface area contributed by atoms with Gasteiger partial charge in [-0.2, -0.15) is 0 Å². The van der Waals surface area contributed by atoms with E-state index in [1.165, 1.54) is 6.20 Å². The molecule has 0 radical (unpaired) electrons. The third-order valence-corrected chi connectivity index (χ3v) is 3.31. The number of nitrogens with zero attached hydrogens (tertiary/aromatic N) is 2. The summed E-state index contributed by atoms with van der Waals surface area (Å²) in [6.07, 6.45) is 5.66. The molecule has 1 N–H and O–H groups in total. The summed E-state index contributed by atoms with van der Waals surface area (Å²) in [4.78, 5) is 19.9. The maximum absolute atomic E-state index is 11.9. The van der Waals surface area contributed by atoms with Gasteiger partial charge in [0, 0.05) is 30.1 Å². The Morgan fingerprint density at radius 1 is 1.40 bits per heavy atom. The van der Waals surface area contributed by atoms with Gasteiger partial charge in [-0.25, -0.2) is 4.98 Å². The first-order valence-corrected chi connectivity index (χ1v) is 6.57. The normalized spacial score (nSPS) is 20.2. The smallest absolute Gasteiger partial charge is 0.237 e. The van der Waals surface area contributed by atoms with Crippen molar-refractivity contribution in [3.8, 4) is 11.6 Å². The number of carbonyl (C=O) groups is 1. The third-order valence-electron chi connectivity index (χ3n) is 3.31. The molecule has 20 heavy (non-hydrogen) atoms. The van der Waals surface area contributed by atoms with Gasteiger partial charge >= 0.3 is 0 Å². The molecule has 1 heterocycles. The Labute approximate surface area is 117 Å². The van der Waals surface area contributed by atoms with Gasteiger partial charge in [0.1, 0.15) is 5.75 Å². The van der Waals surface area contributed by atoms with Crippen LogP contribution in [0.2, 0.25) is 0 Å². The van der Waals surface area contributed by atoms with Gasteiger partial charge in [-0.15, -0.1) is 0 Å². The van der Waals surface area contributed by atoms with E-state index in [2.05, 4.69) is 22.2 Å². The Balaban J connectivity index is 1.68. The molecular formula is C15H15N3O2. The monoisotopic (exact) mass is 269 g/mol. The number of aromatic nitrogens is 2. The van der Waals surface area contributed by atoms with Gasteiger partial charge in [0.05, 0.1) is 6.20 Å². The van der Waals surface area contributed by atoms with Gasteiger partial charge in [-0.3, -0.25) is 9.78 Å². The Morgan fingerprint density at radius 3 is 2.95 bits per heavy atom. The van der Waals surface area contributed by atoms with Crippen molar-refractivity contribution in [3.63, 3.8) is 0 Å². The van der Waals surface area contributed by atoms with Crippen molar-refractivity contribution >= 4 is 11.6 Å². The standard InChI is InChI=1S/C15H15N3O2/c1-10-7-13(10)15(19)18-11-3-2-4-12(8-11)20-14-9-16-5-6-17-14/h2-6,8-10,13H,7H2,1H3,(H,18,19)/t10-,13+/m0/s1. The first kappa shape index (κ1) is 12.6. The highest BCUT2D eigenvalue weighted by Crippen LogP contribution is 2.38. The van der Waals surface area contributed by atoms with E-state index in [4.69, 9.17) is 4.74 Å². The predicted molar refractivity (Wildman–Crippen MR) is 74.4 cm³/mol. The summed E-state index contributed by atoms with van der Waals surface area (Å²) in [5, 5.41) is 2.91. The SMILES string of the molecule is C[C@H]1C[C@H]1C(=O)Nc1cccc(Oc2cnccn2)c1. The van der Waals surface area contributed by atoms with Crippen LogP contribution in [0.4, 0.5) is 5.69 Å². The molecule has 1 saturated carbocycles. The van der Waals surface area contributed by atoms with Crippen molar-refractivity contribution in [3.05, 3.63) is 42.9 Å². The summed E-state index contributed by atoms with van der Waals surface area (Å²) in [6, 6.07) is 7.26. The summed E-state index contributed by atoms with van der Waals surface area (Å²) in [5.41, 5.74) is 0.732. The fraction of sp³-hybridized carbons (Fsp3) is 0.267. The molecular weight excluding hydrogens is 254 g/mol. The van der Waals surface area contributed by atoms with Crippen LogP contribution in [0, 0.1) is 11.8 Å². The van der Waals surface area contributed by atoms with Crippen molar-refractivity contribution in [2.45, 2.75) is 13.3 Å². The van der Waals surface area contributed by atoms with Crippen molar-refractivity contribution in [2.24, 2.45) is 11.8 Å². The minimum atomic E-state index is 0.0779. The van der Waals surface area contributed by atoms with Crippen LogP contribution in [0.1, 0.15) is 13.3 Å². The second-order valence-corrected chi connectivity index (χ2v) is 4.98. The lowest BCUT2D eigenvalue weighted by molar-refractivity contribution is -0.117. The van der Waals surface area contributed by atoms with Gasteiger partial charge in [0.2, 0.25) is 11.8 Å². The van der Waals surface area contributed by atoms with E-state index in [0.717, 1.165) is 12.1 Å². The van der Waals surface area contributed by atoms with Gasteiger partial charge in [0.15, 0.2) is 0 Å². The second-order valence-electron chi connectivity index (χ2n) is 4.98. The maximum Gasteiger partial charge on any atom is 0.237 e. The molecule has 0 saturated heterocycles. The van der Waals surface area contributed by atoms with Crippen LogP contribution in [0.5, 0.6) is 11.6 Å². The van der Waals surface area contributed by atoms with Crippen molar-refractivity contribution in [1.82, 2.24) is 9.97 Å². The molecule has 0 spiro atoms. The van der Waals surface area contributed by atoms with Gasteiger partial charge in [0.25, 0.3) is 0 Å². The largest absolute Gasteiger partial charge is 0.437 e. The quantitative estimate of drug-likeness (QED) is 0.927. The highest BCUT2D eigenvalue weighted by atomic mass is 16.5. The summed E-state index contributed by atoms with van der Waals surface area (Å²) in [6.45, 7) is 2.08. The molecule has 0 aliphatic heterocycles. The fourth-order valence-corrected chi connectivity index (χ4v) is 2.02. The number of ether oxygens (including phenoxy) is 1. The van der Waals surface area contributed by atoms with Crippen LogP contribution in [0.15, 0.2) is 42.9 Å². The van der Waals surface area contributed by atoms with E-state index in [0.29, 0.717) is 17.5 Å². The zero-order valence-corrected chi connectivity index (χ0v) is 11.1. The summed E-state index contributed by atoms with van der Waals surface area (Å²) in [5.74, 6) is 1.77. The zero-order valence-electron chi connectivity index (χ0n) is 11.1. The molecule has 102 valence electrons. The Hall–Kier alpha value is -2.43. The predicted octanol–water partition coefficient (Wildman–Crippen LogP) is 2.86. The van der Waals surface area contributed by atoms with Crippen LogP contribution in [-0.2, 0) is 4.79 Å². The molecule has 0 bridgehead atoms. The maximum atomic E-state index is 11.9. The molecule has 1 aromatic heterocycles. The van der Waals surface area contributed by atoms with E-state index in [1.54, 1.807) is 18.5 Å². The first-order chi connectivity index (χ1) is 9.72. The second kappa shape index (κ2) is 5.28. The van der Waals surface area contributed by atoms with E-state index >= 15 is 0 Å². The zero-order chi connectivity index (χ0) is 13.9. The molecule has 5 heteroatoms. The molecule has 1 fully saturated rings. The van der Waals surface area contributed by atoms with E-state index in [9.17, 15) is 4.79 Å². The summed E-state index contributed by atoms with van der Waals surface area (Å²) < 4.78 is 5.57. The summed E-state index contributed by atoms with van der Waals surface area (Å²) in [7, 11) is 0. The molecule has 5 nitrogen and oxygen atoms in total. The Kier molecular flexibility index (Phi) is 3.33. The van der Waals surface area contributed by atoms with E-state index in [-0.39, 0.29) is 11.8 Å². The lowest BCUT2D eigenvalue weighted by atomic mass is 10.2. The molecule has 1 aliphatic carbocycles. The molecule has 2 aromatic rings. The van der Waals surface area contributed by atoms with Crippen LogP contribution in [-0.4, -0.2) is 15.9 Å². The van der Waals surface area contributed by atoms with Crippen LogP contribution in [0.3, 0.4) is 0 Å². The average molecular weight is 269 g/mol. The number of benzene rings is 1. The average Bonchev–Trinajstić information content (AvgIpc) is 3.18. The van der Waals surface area contributed by atoms with Crippen LogP contribution >= 0.6 is 0 Å². The van der Waals surface area contributed by atoms with Gasteiger partial charge in [-0.1, -0.05) is 13.0 Å². The number of amides is 1. The lowest BCUT2D eigenvalue weighted by Gasteiger charge is -2.07. The Morgan fingerprint density at radius 2 is 2.25 bits per heavy atom. The van der Waals surface area contributed by atoms with Crippen LogP contribution in [0.25, 0.3) is 0 Å². The van der Waals surface area contributed by atoms with E-state index < -0.39 is 0 Å². The summed E-state index contributed by atoms with van der Waals surface area (Å²) >= 11 is 0. The van der Waals surface area contributed by atoms with E-state index in [1.807, 2.05) is 18.2 Å². The molecule has 2 atom stereocenters. The highest BCUT2D eigenvalue weighted by Gasteiger charge is 2.39. The van der Waals surface area contributed by atoms with Gasteiger partial charge < -0.3 is 10.1 Å². The number of anilines is 1. The number of hydrogen-bond donors (Lipinski definition) is 1. The molecule has 0 unspecified atom stereocenters. The minimum absolute atomic E-state index is 0.0779. The van der Waals surface area contributed by atoms with Crippen molar-refractivity contribution in [2.75, 3.05) is 5.32 Å². The molecule has 1 aromatic carbocycles. The first-order valence-electron chi connectivity index (χ1n) is 6.57. The fourth-order valence-electron chi connectivity index (χ4n) is 2.02. The topological polar surface area (TPSA) is 64.1 Å².